The second kappa shape index (κ2) is 7.57. The van der Waals surface area contributed by atoms with Crippen LogP contribution in [-0.2, 0) is 14.3 Å². The number of carbonyl (C=O) groups excluding carboxylic acids is 3. The molecule has 28 heavy (non-hydrogen) atoms. The lowest BCUT2D eigenvalue weighted by Gasteiger charge is -2.39. The SMILES string of the molecule is Cc1cccc(C(=O)NCC(=O)OCC(=O)N2C[C@@]3(C)C[C@@H]2CC(C)(C)C3)c1. The number of hydrogen-bond donors (Lipinski definition) is 1. The summed E-state index contributed by atoms with van der Waals surface area (Å²) in [5.41, 5.74) is 1.83. The molecule has 0 aromatic heterocycles. The molecule has 0 radical (unpaired) electrons. The van der Waals surface area contributed by atoms with Crippen LogP contribution in [0.2, 0.25) is 0 Å². The van der Waals surface area contributed by atoms with Crippen LogP contribution in [0, 0.1) is 17.8 Å². The van der Waals surface area contributed by atoms with Gasteiger partial charge in [0.2, 0.25) is 0 Å². The third kappa shape index (κ3) is 4.72. The molecule has 6 nitrogen and oxygen atoms in total. The minimum Gasteiger partial charge on any atom is -0.454 e. The van der Waals surface area contributed by atoms with E-state index >= 15 is 0 Å². The zero-order valence-electron chi connectivity index (χ0n) is 17.2. The highest BCUT2D eigenvalue weighted by Gasteiger charge is 2.50. The lowest BCUT2D eigenvalue weighted by molar-refractivity contribution is -0.151. The molecule has 1 aliphatic carbocycles. The first-order valence-electron chi connectivity index (χ1n) is 9.87. The summed E-state index contributed by atoms with van der Waals surface area (Å²) in [6, 6.07) is 7.34. The number of rotatable bonds is 5. The van der Waals surface area contributed by atoms with Crippen molar-refractivity contribution in [3.05, 3.63) is 35.4 Å². The molecule has 1 aliphatic heterocycles. The summed E-state index contributed by atoms with van der Waals surface area (Å²) in [5.74, 6) is -1.09. The molecule has 152 valence electrons. The largest absolute Gasteiger partial charge is 0.454 e. The van der Waals surface area contributed by atoms with Crippen LogP contribution in [0.5, 0.6) is 0 Å². The number of nitrogens with one attached hydrogen (secondary N) is 1. The van der Waals surface area contributed by atoms with Crippen LogP contribution in [0.4, 0.5) is 0 Å². The summed E-state index contributed by atoms with van der Waals surface area (Å²) in [6.07, 6.45) is 3.10. The summed E-state index contributed by atoms with van der Waals surface area (Å²) in [5, 5.41) is 2.53. The predicted octanol–water partition coefficient (Wildman–Crippen LogP) is 2.70. The van der Waals surface area contributed by atoms with E-state index in [4.69, 9.17) is 4.74 Å². The Morgan fingerprint density at radius 2 is 1.96 bits per heavy atom. The fraction of sp³-hybridized carbons (Fsp3) is 0.591. The molecule has 1 heterocycles. The van der Waals surface area contributed by atoms with Gasteiger partial charge in [-0.3, -0.25) is 14.4 Å². The number of ether oxygens (including phenoxy) is 1. The standard InChI is InChI=1S/C22H30N2O4/c1-15-6-5-7-16(8-15)20(27)23-11-19(26)28-12-18(25)24-14-22(4)10-17(24)9-21(2,3)13-22/h5-8,17H,9-14H2,1-4H3,(H,23,27)/t17-,22-/m0/s1. The molecule has 2 aliphatic rings. The van der Waals surface area contributed by atoms with Crippen molar-refractivity contribution in [3.63, 3.8) is 0 Å². The topological polar surface area (TPSA) is 75.7 Å². The van der Waals surface area contributed by atoms with Gasteiger partial charge in [0.15, 0.2) is 6.61 Å². The molecule has 2 atom stereocenters. The quantitative estimate of drug-likeness (QED) is 0.790. The maximum Gasteiger partial charge on any atom is 0.325 e. The first-order chi connectivity index (χ1) is 13.1. The van der Waals surface area contributed by atoms with Crippen LogP contribution >= 0.6 is 0 Å². The Morgan fingerprint density at radius 1 is 1.21 bits per heavy atom. The van der Waals surface area contributed by atoms with Crippen molar-refractivity contribution < 1.29 is 19.1 Å². The fourth-order valence-corrected chi connectivity index (χ4v) is 5.07. The number of esters is 1. The molecular weight excluding hydrogens is 356 g/mol. The highest BCUT2D eigenvalue weighted by Crippen LogP contribution is 2.52. The molecule has 2 amide bonds. The molecule has 3 rings (SSSR count). The number of amides is 2. The maximum absolute atomic E-state index is 12.6. The molecule has 2 bridgehead atoms. The van der Waals surface area contributed by atoms with E-state index in [0.29, 0.717) is 5.56 Å². The van der Waals surface area contributed by atoms with Gasteiger partial charge < -0.3 is 15.0 Å². The molecule has 1 saturated heterocycles. The van der Waals surface area contributed by atoms with Gasteiger partial charge in [0, 0.05) is 18.2 Å². The number of likely N-dealkylation sites (tertiary alicyclic amines) is 1. The lowest BCUT2D eigenvalue weighted by Crippen LogP contribution is -2.40. The van der Waals surface area contributed by atoms with Crippen LogP contribution in [0.3, 0.4) is 0 Å². The molecule has 6 heteroatoms. The summed E-state index contributed by atoms with van der Waals surface area (Å²) in [6.45, 7) is 8.83. The molecule has 1 N–H and O–H groups in total. The average molecular weight is 386 g/mol. The zero-order valence-corrected chi connectivity index (χ0v) is 17.2. The molecule has 2 fully saturated rings. The number of fused-ring (bicyclic) bond motifs is 2. The van der Waals surface area contributed by atoms with Gasteiger partial charge in [-0.25, -0.2) is 0 Å². The van der Waals surface area contributed by atoms with Crippen molar-refractivity contribution >= 4 is 17.8 Å². The Balaban J connectivity index is 1.46. The maximum atomic E-state index is 12.6. The number of hydrogen-bond acceptors (Lipinski definition) is 4. The summed E-state index contributed by atoms with van der Waals surface area (Å²) in [7, 11) is 0. The van der Waals surface area contributed by atoms with Gasteiger partial charge in [0.05, 0.1) is 0 Å². The van der Waals surface area contributed by atoms with E-state index in [2.05, 4.69) is 26.1 Å². The van der Waals surface area contributed by atoms with Crippen molar-refractivity contribution in [1.29, 1.82) is 0 Å². The minimum atomic E-state index is -0.608. The van der Waals surface area contributed by atoms with Crippen LogP contribution < -0.4 is 5.32 Å². The van der Waals surface area contributed by atoms with E-state index in [9.17, 15) is 14.4 Å². The van der Waals surface area contributed by atoms with Gasteiger partial charge in [-0.1, -0.05) is 38.5 Å². The van der Waals surface area contributed by atoms with E-state index < -0.39 is 5.97 Å². The molecular formula is C22H30N2O4. The Morgan fingerprint density at radius 3 is 2.68 bits per heavy atom. The number of carbonyl (C=O) groups is 3. The monoisotopic (exact) mass is 386 g/mol. The van der Waals surface area contributed by atoms with Crippen molar-refractivity contribution in [2.24, 2.45) is 10.8 Å². The molecule has 1 saturated carbocycles. The molecule has 1 aromatic carbocycles. The number of aryl methyl sites for hydroxylation is 1. The van der Waals surface area contributed by atoms with Gasteiger partial charge in [0.1, 0.15) is 6.54 Å². The van der Waals surface area contributed by atoms with Crippen molar-refractivity contribution in [3.8, 4) is 0 Å². The van der Waals surface area contributed by atoms with Gasteiger partial charge >= 0.3 is 5.97 Å². The molecule has 0 unspecified atom stereocenters. The van der Waals surface area contributed by atoms with Gasteiger partial charge in [-0.2, -0.15) is 0 Å². The van der Waals surface area contributed by atoms with Crippen LogP contribution in [0.25, 0.3) is 0 Å². The van der Waals surface area contributed by atoms with E-state index in [1.165, 1.54) is 0 Å². The van der Waals surface area contributed by atoms with E-state index in [1.807, 2.05) is 17.9 Å². The van der Waals surface area contributed by atoms with E-state index in [0.717, 1.165) is 31.4 Å². The van der Waals surface area contributed by atoms with Crippen molar-refractivity contribution in [2.45, 2.75) is 53.0 Å². The third-order valence-electron chi connectivity index (χ3n) is 5.77. The van der Waals surface area contributed by atoms with Gasteiger partial charge in [-0.05, 0) is 49.1 Å². The summed E-state index contributed by atoms with van der Waals surface area (Å²) < 4.78 is 5.11. The average Bonchev–Trinajstić information content (AvgIpc) is 2.86. The van der Waals surface area contributed by atoms with E-state index in [-0.39, 0.29) is 41.8 Å². The Kier molecular flexibility index (Phi) is 5.50. The van der Waals surface area contributed by atoms with Crippen LogP contribution in [0.1, 0.15) is 56.0 Å². The molecule has 1 aromatic rings. The van der Waals surface area contributed by atoms with Crippen LogP contribution in [0.15, 0.2) is 24.3 Å². The van der Waals surface area contributed by atoms with Crippen molar-refractivity contribution in [2.75, 3.05) is 19.7 Å². The van der Waals surface area contributed by atoms with Crippen molar-refractivity contribution in [1.82, 2.24) is 10.2 Å². The van der Waals surface area contributed by atoms with E-state index in [1.54, 1.807) is 18.2 Å². The first-order valence-corrected chi connectivity index (χ1v) is 9.87. The normalized spacial score (nSPS) is 25.3. The summed E-state index contributed by atoms with van der Waals surface area (Å²) >= 11 is 0. The first kappa shape index (κ1) is 20.4. The number of nitrogens with zero attached hydrogens (tertiary/aromatic N) is 1. The van der Waals surface area contributed by atoms with Gasteiger partial charge in [-0.15, -0.1) is 0 Å². The Bertz CT molecular complexity index is 788. The summed E-state index contributed by atoms with van der Waals surface area (Å²) in [4.78, 5) is 38.5. The molecule has 0 spiro atoms. The second-order valence-electron chi connectivity index (χ2n) is 9.45. The second-order valence-corrected chi connectivity index (χ2v) is 9.45. The Hall–Kier alpha value is -2.37. The highest BCUT2D eigenvalue weighted by atomic mass is 16.5. The van der Waals surface area contributed by atoms with Crippen LogP contribution in [-0.4, -0.2) is 48.4 Å². The highest BCUT2D eigenvalue weighted by molar-refractivity contribution is 5.96. The number of benzene rings is 1. The van der Waals surface area contributed by atoms with Gasteiger partial charge in [0.25, 0.3) is 11.8 Å². The third-order valence-corrected chi connectivity index (χ3v) is 5.77. The fourth-order valence-electron chi connectivity index (χ4n) is 5.07. The lowest BCUT2D eigenvalue weighted by atomic mass is 9.65. The minimum absolute atomic E-state index is 0.147. The Labute approximate surface area is 166 Å². The smallest absolute Gasteiger partial charge is 0.325 e. The predicted molar refractivity (Wildman–Crippen MR) is 106 cm³/mol. The zero-order chi connectivity index (χ0) is 20.5.